The van der Waals surface area contributed by atoms with Gasteiger partial charge in [-0.05, 0) is 55.8 Å². The molecule has 0 aliphatic carbocycles. The maximum atomic E-state index is 12.9. The van der Waals surface area contributed by atoms with Gasteiger partial charge in [0.1, 0.15) is 5.75 Å². The van der Waals surface area contributed by atoms with Crippen molar-refractivity contribution in [2.24, 2.45) is 5.92 Å². The van der Waals surface area contributed by atoms with Gasteiger partial charge in [0.2, 0.25) is 11.8 Å². The van der Waals surface area contributed by atoms with E-state index in [-0.39, 0.29) is 30.7 Å². The average Bonchev–Trinajstić information content (AvgIpc) is 3.22. The number of aryl methyl sites for hydroxylation is 2. The van der Waals surface area contributed by atoms with Crippen LogP contribution in [0, 0.1) is 19.8 Å². The first kappa shape index (κ1) is 23.0. The number of nitrogens with one attached hydrogen (secondary N) is 2. The fraction of sp³-hybridized carbons (Fsp3) is 0.222. The number of hydrogen-bond acceptors (Lipinski definition) is 4. The molecule has 4 rings (SSSR count). The molecular weight excluding hydrogens is 430 g/mol. The normalized spacial score (nSPS) is 15.2. The molecule has 3 aromatic carbocycles. The van der Waals surface area contributed by atoms with Gasteiger partial charge in [-0.1, -0.05) is 35.9 Å². The number of nitrogens with zero attached hydrogens (tertiary/aromatic N) is 1. The van der Waals surface area contributed by atoms with Crippen molar-refractivity contribution in [1.82, 2.24) is 0 Å². The Kier molecular flexibility index (Phi) is 6.63. The van der Waals surface area contributed by atoms with Crippen LogP contribution in [0.2, 0.25) is 0 Å². The minimum Gasteiger partial charge on any atom is -0.495 e. The van der Waals surface area contributed by atoms with Gasteiger partial charge in [0, 0.05) is 29.9 Å². The summed E-state index contributed by atoms with van der Waals surface area (Å²) in [6, 6.07) is 19.8. The van der Waals surface area contributed by atoms with Crippen LogP contribution in [0.15, 0.2) is 66.7 Å². The summed E-state index contributed by atoms with van der Waals surface area (Å²) in [6.45, 7) is 4.20. The average molecular weight is 458 g/mol. The lowest BCUT2D eigenvalue weighted by molar-refractivity contribution is -0.122. The van der Waals surface area contributed by atoms with Gasteiger partial charge in [0.15, 0.2) is 0 Å². The van der Waals surface area contributed by atoms with Crippen molar-refractivity contribution in [3.05, 3.63) is 83.4 Å². The Balaban J connectivity index is 1.43. The van der Waals surface area contributed by atoms with Crippen molar-refractivity contribution in [3.8, 4) is 5.75 Å². The number of anilines is 3. The van der Waals surface area contributed by atoms with Gasteiger partial charge < -0.3 is 20.3 Å². The Morgan fingerprint density at radius 1 is 0.971 bits per heavy atom. The molecule has 7 heteroatoms. The van der Waals surface area contributed by atoms with Crippen LogP contribution in [0.4, 0.5) is 17.1 Å². The summed E-state index contributed by atoms with van der Waals surface area (Å²) in [5.41, 5.74) is 4.41. The molecule has 7 nitrogen and oxygen atoms in total. The van der Waals surface area contributed by atoms with Gasteiger partial charge >= 0.3 is 0 Å². The molecule has 0 bridgehead atoms. The Bertz CT molecular complexity index is 1250. The predicted octanol–water partition coefficient (Wildman–Crippen LogP) is 4.56. The van der Waals surface area contributed by atoms with Crippen LogP contribution in [0.25, 0.3) is 0 Å². The van der Waals surface area contributed by atoms with Gasteiger partial charge in [0.05, 0.1) is 18.7 Å². The SMILES string of the molecule is COc1ccccc1N1C[C@@H](C(=O)Nc2cccc(C(=O)Nc3ccc(C)cc3C)c2)CC1=O. The number of para-hydroxylation sites is 2. The fourth-order valence-electron chi connectivity index (χ4n) is 4.10. The summed E-state index contributed by atoms with van der Waals surface area (Å²) in [5.74, 6) is -0.588. The van der Waals surface area contributed by atoms with Crippen molar-refractivity contribution in [3.63, 3.8) is 0 Å². The molecule has 1 heterocycles. The van der Waals surface area contributed by atoms with Crippen molar-refractivity contribution in [2.75, 3.05) is 29.2 Å². The third-order valence-electron chi connectivity index (χ3n) is 5.89. The number of hydrogen-bond donors (Lipinski definition) is 2. The topological polar surface area (TPSA) is 87.7 Å². The van der Waals surface area contributed by atoms with Crippen molar-refractivity contribution >= 4 is 34.8 Å². The van der Waals surface area contributed by atoms with Gasteiger partial charge in [0.25, 0.3) is 5.91 Å². The molecule has 1 aliphatic heterocycles. The van der Waals surface area contributed by atoms with E-state index in [2.05, 4.69) is 10.6 Å². The molecule has 0 unspecified atom stereocenters. The number of amides is 3. The lowest BCUT2D eigenvalue weighted by atomic mass is 10.1. The molecule has 1 saturated heterocycles. The smallest absolute Gasteiger partial charge is 0.255 e. The molecule has 0 radical (unpaired) electrons. The van der Waals surface area contributed by atoms with Crippen LogP contribution in [0.5, 0.6) is 5.75 Å². The maximum Gasteiger partial charge on any atom is 0.255 e. The summed E-state index contributed by atoms with van der Waals surface area (Å²) < 4.78 is 5.36. The summed E-state index contributed by atoms with van der Waals surface area (Å²) in [6.07, 6.45) is 0.108. The van der Waals surface area contributed by atoms with E-state index in [0.717, 1.165) is 16.8 Å². The molecule has 1 atom stereocenters. The summed E-state index contributed by atoms with van der Waals surface area (Å²) >= 11 is 0. The van der Waals surface area contributed by atoms with Crippen LogP contribution in [0.3, 0.4) is 0 Å². The van der Waals surface area contributed by atoms with Crippen LogP contribution in [-0.2, 0) is 9.59 Å². The monoisotopic (exact) mass is 457 g/mol. The van der Waals surface area contributed by atoms with Crippen molar-refractivity contribution in [1.29, 1.82) is 0 Å². The molecule has 1 fully saturated rings. The predicted molar refractivity (Wildman–Crippen MR) is 132 cm³/mol. The Morgan fingerprint density at radius 3 is 2.53 bits per heavy atom. The molecular formula is C27H27N3O4. The highest BCUT2D eigenvalue weighted by atomic mass is 16.5. The molecule has 1 aliphatic rings. The highest BCUT2D eigenvalue weighted by Gasteiger charge is 2.36. The Morgan fingerprint density at radius 2 is 1.76 bits per heavy atom. The number of methoxy groups -OCH3 is 1. The summed E-state index contributed by atoms with van der Waals surface area (Å²) in [4.78, 5) is 39.9. The van der Waals surface area contributed by atoms with Gasteiger partial charge in [-0.3, -0.25) is 14.4 Å². The standard InChI is InChI=1S/C27H27N3O4/c1-17-11-12-22(18(2)13-17)29-26(32)19-7-6-8-21(14-19)28-27(33)20-15-25(31)30(16-20)23-9-4-5-10-24(23)34-3/h4-14,20H,15-16H2,1-3H3,(H,28,33)(H,29,32)/t20-/m0/s1. The molecule has 3 amide bonds. The first-order chi connectivity index (χ1) is 16.4. The zero-order chi connectivity index (χ0) is 24.2. The lowest BCUT2D eigenvalue weighted by Gasteiger charge is -2.19. The van der Waals surface area contributed by atoms with E-state index in [1.807, 2.05) is 44.2 Å². The number of benzene rings is 3. The molecule has 174 valence electrons. The highest BCUT2D eigenvalue weighted by Crippen LogP contribution is 2.33. The van der Waals surface area contributed by atoms with Gasteiger partial charge in [-0.15, -0.1) is 0 Å². The molecule has 0 aromatic heterocycles. The lowest BCUT2D eigenvalue weighted by Crippen LogP contribution is -2.28. The number of ether oxygens (including phenoxy) is 1. The Hall–Kier alpha value is -4.13. The van der Waals surface area contributed by atoms with Crippen molar-refractivity contribution < 1.29 is 19.1 Å². The van der Waals surface area contributed by atoms with Crippen molar-refractivity contribution in [2.45, 2.75) is 20.3 Å². The van der Waals surface area contributed by atoms with Crippen LogP contribution in [-0.4, -0.2) is 31.4 Å². The fourth-order valence-corrected chi connectivity index (χ4v) is 4.10. The van der Waals surface area contributed by atoms with Gasteiger partial charge in [-0.2, -0.15) is 0 Å². The summed E-state index contributed by atoms with van der Waals surface area (Å²) in [7, 11) is 1.55. The zero-order valence-corrected chi connectivity index (χ0v) is 19.4. The second-order valence-electron chi connectivity index (χ2n) is 8.42. The summed E-state index contributed by atoms with van der Waals surface area (Å²) in [5, 5.41) is 5.77. The number of rotatable bonds is 6. The minimum absolute atomic E-state index is 0.108. The second-order valence-corrected chi connectivity index (χ2v) is 8.42. The number of carbonyl (C=O) groups is 3. The van der Waals surface area contributed by atoms with Gasteiger partial charge in [-0.25, -0.2) is 0 Å². The van der Waals surface area contributed by atoms with Crippen LogP contribution < -0.4 is 20.3 Å². The van der Waals surface area contributed by atoms with E-state index in [9.17, 15) is 14.4 Å². The maximum absolute atomic E-state index is 12.9. The number of carbonyl (C=O) groups excluding carboxylic acids is 3. The van der Waals surface area contributed by atoms with E-state index in [0.29, 0.717) is 22.7 Å². The largest absolute Gasteiger partial charge is 0.495 e. The molecule has 2 N–H and O–H groups in total. The van der Waals surface area contributed by atoms with E-state index in [1.165, 1.54) is 0 Å². The molecule has 0 saturated carbocycles. The van der Waals surface area contributed by atoms with E-state index >= 15 is 0 Å². The Labute approximate surface area is 198 Å². The van der Waals surface area contributed by atoms with E-state index in [1.54, 1.807) is 48.4 Å². The van der Waals surface area contributed by atoms with E-state index < -0.39 is 5.92 Å². The molecule has 0 spiro atoms. The minimum atomic E-state index is -0.509. The van der Waals surface area contributed by atoms with Crippen LogP contribution in [0.1, 0.15) is 27.9 Å². The first-order valence-electron chi connectivity index (χ1n) is 11.1. The second kappa shape index (κ2) is 9.79. The first-order valence-corrected chi connectivity index (χ1v) is 11.1. The van der Waals surface area contributed by atoms with E-state index in [4.69, 9.17) is 4.74 Å². The van der Waals surface area contributed by atoms with Crippen LogP contribution >= 0.6 is 0 Å². The molecule has 34 heavy (non-hydrogen) atoms. The molecule has 3 aromatic rings. The third-order valence-corrected chi connectivity index (χ3v) is 5.89. The third kappa shape index (κ3) is 4.93. The quantitative estimate of drug-likeness (QED) is 0.568. The zero-order valence-electron chi connectivity index (χ0n) is 19.4. The highest BCUT2D eigenvalue weighted by molar-refractivity contribution is 6.07.